The summed E-state index contributed by atoms with van der Waals surface area (Å²) in [5, 5.41) is 0. The maximum Gasteiger partial charge on any atom is 0.149 e. The molecule has 0 aliphatic carbocycles. The quantitative estimate of drug-likeness (QED) is 0.692. The van der Waals surface area contributed by atoms with Crippen LogP contribution in [-0.2, 0) is 4.79 Å². The zero-order valence-corrected chi connectivity index (χ0v) is 9.97. The summed E-state index contributed by atoms with van der Waals surface area (Å²) in [6, 6.07) is 0.135. The van der Waals surface area contributed by atoms with E-state index in [-0.39, 0.29) is 6.04 Å². The number of Topliss-reactive ketones (excluding diaryl/α,β-unsaturated/α-hetero) is 1. The molecule has 2 nitrogen and oxygen atoms in total. The predicted molar refractivity (Wildman–Crippen MR) is 59.3 cm³/mol. The van der Waals surface area contributed by atoms with E-state index in [1.165, 1.54) is 12.8 Å². The molecule has 0 aromatic heterocycles. The van der Waals surface area contributed by atoms with Crippen LogP contribution in [0.5, 0.6) is 0 Å². The molecule has 0 amide bonds. The highest BCUT2D eigenvalue weighted by Crippen LogP contribution is 2.30. The summed E-state index contributed by atoms with van der Waals surface area (Å²) in [5.74, 6) is 0.379. The van der Waals surface area contributed by atoms with Crippen molar-refractivity contribution in [2.75, 3.05) is 13.1 Å². The average Bonchev–Trinajstić information content (AvgIpc) is 2.15. The van der Waals surface area contributed by atoms with Gasteiger partial charge in [0.05, 0.1) is 6.04 Å². The summed E-state index contributed by atoms with van der Waals surface area (Å²) >= 11 is 0. The van der Waals surface area contributed by atoms with Gasteiger partial charge in [-0.3, -0.25) is 9.69 Å². The number of ketones is 1. The number of likely N-dealkylation sites (tertiary alicyclic amines) is 1. The molecule has 0 saturated carbocycles. The highest BCUT2D eigenvalue weighted by Gasteiger charge is 2.29. The van der Waals surface area contributed by atoms with Crippen LogP contribution >= 0.6 is 0 Å². The molecule has 1 unspecified atom stereocenters. The van der Waals surface area contributed by atoms with Gasteiger partial charge in [-0.2, -0.15) is 0 Å². The van der Waals surface area contributed by atoms with E-state index in [1.54, 1.807) is 0 Å². The Labute approximate surface area is 87.7 Å². The summed E-state index contributed by atoms with van der Waals surface area (Å²) in [7, 11) is 0. The van der Waals surface area contributed by atoms with Crippen LogP contribution in [0.25, 0.3) is 0 Å². The van der Waals surface area contributed by atoms with Crippen LogP contribution in [0.2, 0.25) is 0 Å². The lowest BCUT2D eigenvalue weighted by molar-refractivity contribution is -0.124. The first-order chi connectivity index (χ1) is 6.46. The number of nitrogens with zero attached hydrogens (tertiary/aromatic N) is 1. The van der Waals surface area contributed by atoms with Gasteiger partial charge in [0.25, 0.3) is 0 Å². The lowest BCUT2D eigenvalue weighted by Crippen LogP contribution is -2.45. The van der Waals surface area contributed by atoms with Crippen molar-refractivity contribution in [2.45, 2.75) is 53.0 Å². The van der Waals surface area contributed by atoms with E-state index in [0.29, 0.717) is 17.6 Å². The van der Waals surface area contributed by atoms with Crippen molar-refractivity contribution < 1.29 is 4.79 Å². The standard InChI is InChI=1S/C12H23NO/c1-5-11(14)10(2)13-8-6-12(3,4)7-9-13/h10H,5-9H2,1-4H3. The minimum absolute atomic E-state index is 0.135. The van der Waals surface area contributed by atoms with Crippen LogP contribution in [-0.4, -0.2) is 29.8 Å². The van der Waals surface area contributed by atoms with E-state index < -0.39 is 0 Å². The Balaban J connectivity index is 2.45. The Morgan fingerprint density at radius 1 is 1.36 bits per heavy atom. The van der Waals surface area contributed by atoms with Crippen LogP contribution in [0.4, 0.5) is 0 Å². The first-order valence-corrected chi connectivity index (χ1v) is 5.73. The molecule has 82 valence electrons. The fourth-order valence-corrected chi connectivity index (χ4v) is 2.02. The van der Waals surface area contributed by atoms with E-state index in [1.807, 2.05) is 13.8 Å². The monoisotopic (exact) mass is 197 g/mol. The minimum Gasteiger partial charge on any atom is -0.298 e. The zero-order valence-electron chi connectivity index (χ0n) is 9.97. The van der Waals surface area contributed by atoms with Gasteiger partial charge >= 0.3 is 0 Å². The number of carbonyl (C=O) groups is 1. The fourth-order valence-electron chi connectivity index (χ4n) is 2.02. The zero-order chi connectivity index (χ0) is 10.8. The lowest BCUT2D eigenvalue weighted by Gasteiger charge is -2.39. The van der Waals surface area contributed by atoms with Gasteiger partial charge in [0.15, 0.2) is 0 Å². The molecule has 0 bridgehead atoms. The molecule has 0 N–H and O–H groups in total. The second kappa shape index (κ2) is 4.43. The third-order valence-electron chi connectivity index (χ3n) is 3.51. The van der Waals surface area contributed by atoms with Crippen molar-refractivity contribution in [3.63, 3.8) is 0 Å². The Morgan fingerprint density at radius 2 is 1.86 bits per heavy atom. The van der Waals surface area contributed by atoms with E-state index in [9.17, 15) is 4.79 Å². The molecule has 1 aliphatic rings. The number of hydrogen-bond acceptors (Lipinski definition) is 2. The van der Waals surface area contributed by atoms with Gasteiger partial charge in [-0.15, -0.1) is 0 Å². The third-order valence-corrected chi connectivity index (χ3v) is 3.51. The Kier molecular flexibility index (Phi) is 3.71. The Morgan fingerprint density at radius 3 is 2.29 bits per heavy atom. The van der Waals surface area contributed by atoms with Gasteiger partial charge in [0.2, 0.25) is 0 Å². The molecule has 1 heterocycles. The van der Waals surface area contributed by atoms with Crippen molar-refractivity contribution in [2.24, 2.45) is 5.41 Å². The van der Waals surface area contributed by atoms with Gasteiger partial charge in [-0.1, -0.05) is 20.8 Å². The average molecular weight is 197 g/mol. The van der Waals surface area contributed by atoms with Crippen molar-refractivity contribution in [1.29, 1.82) is 0 Å². The molecule has 1 aliphatic heterocycles. The van der Waals surface area contributed by atoms with Crippen LogP contribution in [0.3, 0.4) is 0 Å². The van der Waals surface area contributed by atoms with Gasteiger partial charge in [-0.25, -0.2) is 0 Å². The molecular formula is C12H23NO. The van der Waals surface area contributed by atoms with Crippen molar-refractivity contribution in [3.05, 3.63) is 0 Å². The molecule has 0 aromatic rings. The molecule has 0 aromatic carbocycles. The van der Waals surface area contributed by atoms with Crippen molar-refractivity contribution in [3.8, 4) is 0 Å². The SMILES string of the molecule is CCC(=O)C(C)N1CCC(C)(C)CC1. The highest BCUT2D eigenvalue weighted by atomic mass is 16.1. The van der Waals surface area contributed by atoms with E-state index in [4.69, 9.17) is 0 Å². The molecule has 1 fully saturated rings. The van der Waals surface area contributed by atoms with Gasteiger partial charge < -0.3 is 0 Å². The van der Waals surface area contributed by atoms with E-state index >= 15 is 0 Å². The summed E-state index contributed by atoms with van der Waals surface area (Å²) in [6.07, 6.45) is 3.10. The molecule has 1 atom stereocenters. The normalized spacial score (nSPS) is 24.6. The predicted octanol–water partition coefficient (Wildman–Crippen LogP) is 2.48. The van der Waals surface area contributed by atoms with Gasteiger partial charge in [-0.05, 0) is 38.3 Å². The largest absolute Gasteiger partial charge is 0.298 e. The van der Waals surface area contributed by atoms with Crippen molar-refractivity contribution >= 4 is 5.78 Å². The van der Waals surface area contributed by atoms with Gasteiger partial charge in [0, 0.05) is 6.42 Å². The van der Waals surface area contributed by atoms with Crippen LogP contribution in [0, 0.1) is 5.41 Å². The second-order valence-electron chi connectivity index (χ2n) is 5.20. The highest BCUT2D eigenvalue weighted by molar-refractivity contribution is 5.83. The summed E-state index contributed by atoms with van der Waals surface area (Å²) < 4.78 is 0. The summed E-state index contributed by atoms with van der Waals surface area (Å²) in [5.41, 5.74) is 0.478. The molecule has 1 rings (SSSR count). The summed E-state index contributed by atoms with van der Waals surface area (Å²) in [4.78, 5) is 13.9. The molecule has 1 saturated heterocycles. The fraction of sp³-hybridized carbons (Fsp3) is 0.917. The molecule has 2 heteroatoms. The maximum atomic E-state index is 11.5. The number of hydrogen-bond donors (Lipinski definition) is 0. The molecular weight excluding hydrogens is 174 g/mol. The number of rotatable bonds is 3. The minimum atomic E-state index is 0.135. The Bertz CT molecular complexity index is 200. The molecule has 0 spiro atoms. The second-order valence-corrected chi connectivity index (χ2v) is 5.20. The van der Waals surface area contributed by atoms with E-state index in [2.05, 4.69) is 18.7 Å². The Hall–Kier alpha value is -0.370. The number of carbonyl (C=O) groups excluding carboxylic acids is 1. The van der Waals surface area contributed by atoms with E-state index in [0.717, 1.165) is 13.1 Å². The third kappa shape index (κ3) is 2.81. The smallest absolute Gasteiger partial charge is 0.149 e. The maximum absolute atomic E-state index is 11.5. The first-order valence-electron chi connectivity index (χ1n) is 5.73. The summed E-state index contributed by atoms with van der Waals surface area (Å²) in [6.45, 7) is 10.8. The first kappa shape index (κ1) is 11.7. The van der Waals surface area contributed by atoms with Crippen LogP contribution in [0.15, 0.2) is 0 Å². The topological polar surface area (TPSA) is 20.3 Å². The van der Waals surface area contributed by atoms with Crippen LogP contribution in [0.1, 0.15) is 47.0 Å². The van der Waals surface area contributed by atoms with Crippen LogP contribution < -0.4 is 0 Å². The van der Waals surface area contributed by atoms with Crippen molar-refractivity contribution in [1.82, 2.24) is 4.90 Å². The number of piperidine rings is 1. The lowest BCUT2D eigenvalue weighted by atomic mass is 9.82. The molecule has 0 radical (unpaired) electrons. The van der Waals surface area contributed by atoms with Gasteiger partial charge in [0.1, 0.15) is 5.78 Å². The molecule has 14 heavy (non-hydrogen) atoms.